The molecule has 0 aliphatic carbocycles. The van der Waals surface area contributed by atoms with Crippen LogP contribution in [0.2, 0.25) is 10.0 Å². The van der Waals surface area contributed by atoms with Gasteiger partial charge in [-0.05, 0) is 36.8 Å². The zero-order valence-corrected chi connectivity index (χ0v) is 13.0. The van der Waals surface area contributed by atoms with Gasteiger partial charge in [-0.25, -0.2) is 0 Å². The minimum atomic E-state index is 0.202. The molecule has 0 bridgehead atoms. The molecule has 4 heteroatoms. The molecule has 2 rings (SSSR count). The van der Waals surface area contributed by atoms with Crippen LogP contribution in [-0.4, -0.2) is 7.11 Å². The minimum Gasteiger partial charge on any atom is -0.497 e. The number of methoxy groups -OCH3 is 1. The molecule has 2 nitrogen and oxygen atoms in total. The molecular weight excluding hydrogens is 293 g/mol. The molecule has 2 aromatic carbocycles. The number of rotatable bonds is 5. The van der Waals surface area contributed by atoms with Crippen LogP contribution in [0.1, 0.15) is 24.1 Å². The lowest BCUT2D eigenvalue weighted by atomic mass is 10.1. The summed E-state index contributed by atoms with van der Waals surface area (Å²) >= 11 is 12.3. The fourth-order valence-corrected chi connectivity index (χ4v) is 2.50. The Labute approximate surface area is 129 Å². The van der Waals surface area contributed by atoms with Crippen LogP contribution in [0, 0.1) is 0 Å². The van der Waals surface area contributed by atoms with E-state index in [1.165, 1.54) is 5.56 Å². The summed E-state index contributed by atoms with van der Waals surface area (Å²) in [4.78, 5) is 0. The van der Waals surface area contributed by atoms with E-state index in [9.17, 15) is 0 Å². The molecule has 0 saturated carbocycles. The summed E-state index contributed by atoms with van der Waals surface area (Å²) < 4.78 is 5.15. The van der Waals surface area contributed by atoms with E-state index in [4.69, 9.17) is 27.9 Å². The number of hydrogen-bond acceptors (Lipinski definition) is 2. The molecule has 0 aliphatic rings. The highest BCUT2D eigenvalue weighted by molar-refractivity contribution is 6.35. The van der Waals surface area contributed by atoms with Gasteiger partial charge < -0.3 is 10.1 Å². The maximum atomic E-state index is 6.16. The normalized spacial score (nSPS) is 12.2. The first-order valence-electron chi connectivity index (χ1n) is 6.42. The average Bonchev–Trinajstić information content (AvgIpc) is 2.46. The standard InChI is InChI=1S/C16H17Cl2NO/c1-11(12-6-8-13(20-2)9-7-12)19-10-14-15(17)4-3-5-16(14)18/h3-9,11,19H,10H2,1-2H3. The van der Waals surface area contributed by atoms with Crippen LogP contribution in [0.3, 0.4) is 0 Å². The first kappa shape index (κ1) is 15.2. The van der Waals surface area contributed by atoms with E-state index in [0.29, 0.717) is 16.6 Å². The second-order valence-electron chi connectivity index (χ2n) is 4.58. The van der Waals surface area contributed by atoms with Gasteiger partial charge >= 0.3 is 0 Å². The summed E-state index contributed by atoms with van der Waals surface area (Å²) in [6, 6.07) is 13.8. The van der Waals surface area contributed by atoms with E-state index in [1.807, 2.05) is 42.5 Å². The van der Waals surface area contributed by atoms with Gasteiger partial charge in [0.25, 0.3) is 0 Å². The number of halogens is 2. The lowest BCUT2D eigenvalue weighted by Gasteiger charge is -2.16. The molecule has 0 aliphatic heterocycles. The Balaban J connectivity index is 2.02. The second-order valence-corrected chi connectivity index (χ2v) is 5.39. The summed E-state index contributed by atoms with van der Waals surface area (Å²) in [5.41, 5.74) is 2.12. The predicted octanol–water partition coefficient (Wildman–Crippen LogP) is 4.85. The molecule has 0 amide bonds. The molecule has 106 valence electrons. The van der Waals surface area contributed by atoms with Crippen molar-refractivity contribution in [1.82, 2.24) is 5.32 Å². The third-order valence-electron chi connectivity index (χ3n) is 3.26. The van der Waals surface area contributed by atoms with Crippen LogP contribution in [0.4, 0.5) is 0 Å². The van der Waals surface area contributed by atoms with E-state index in [1.54, 1.807) is 7.11 Å². The molecule has 0 heterocycles. The highest BCUT2D eigenvalue weighted by atomic mass is 35.5. The summed E-state index contributed by atoms with van der Waals surface area (Å²) in [6.45, 7) is 2.73. The summed E-state index contributed by atoms with van der Waals surface area (Å²) in [5, 5.41) is 4.80. The molecule has 20 heavy (non-hydrogen) atoms. The van der Waals surface area contributed by atoms with Gasteiger partial charge in [0, 0.05) is 28.2 Å². The Kier molecular flexibility index (Phi) is 5.30. The zero-order valence-electron chi connectivity index (χ0n) is 11.5. The van der Waals surface area contributed by atoms with E-state index >= 15 is 0 Å². The van der Waals surface area contributed by atoms with Crippen LogP contribution >= 0.6 is 23.2 Å². The summed E-state index contributed by atoms with van der Waals surface area (Å²) in [7, 11) is 1.66. The van der Waals surface area contributed by atoms with Crippen molar-refractivity contribution in [3.8, 4) is 5.75 Å². The molecule has 1 atom stereocenters. The first-order chi connectivity index (χ1) is 9.61. The van der Waals surface area contributed by atoms with Crippen molar-refractivity contribution in [2.45, 2.75) is 19.5 Å². The van der Waals surface area contributed by atoms with E-state index in [-0.39, 0.29) is 6.04 Å². The van der Waals surface area contributed by atoms with Crippen LogP contribution < -0.4 is 10.1 Å². The molecule has 0 radical (unpaired) electrons. The van der Waals surface area contributed by atoms with Crippen LogP contribution in [0.5, 0.6) is 5.75 Å². The van der Waals surface area contributed by atoms with Gasteiger partial charge in [0.15, 0.2) is 0 Å². The maximum Gasteiger partial charge on any atom is 0.118 e. The fourth-order valence-electron chi connectivity index (χ4n) is 1.97. The van der Waals surface area contributed by atoms with Gasteiger partial charge in [0.2, 0.25) is 0 Å². The first-order valence-corrected chi connectivity index (χ1v) is 7.17. The molecule has 1 N–H and O–H groups in total. The van der Waals surface area contributed by atoms with E-state index < -0.39 is 0 Å². The Bertz CT molecular complexity index is 549. The van der Waals surface area contributed by atoms with Crippen LogP contribution in [0.15, 0.2) is 42.5 Å². The van der Waals surface area contributed by atoms with Gasteiger partial charge in [-0.3, -0.25) is 0 Å². The van der Waals surface area contributed by atoms with Crippen LogP contribution in [0.25, 0.3) is 0 Å². The largest absolute Gasteiger partial charge is 0.497 e. The predicted molar refractivity (Wildman–Crippen MR) is 84.7 cm³/mol. The third kappa shape index (κ3) is 3.66. The fraction of sp³-hybridized carbons (Fsp3) is 0.250. The van der Waals surface area contributed by atoms with Crippen molar-refractivity contribution in [3.05, 3.63) is 63.6 Å². The lowest BCUT2D eigenvalue weighted by Crippen LogP contribution is -2.18. The topological polar surface area (TPSA) is 21.3 Å². The molecule has 1 unspecified atom stereocenters. The van der Waals surface area contributed by atoms with Crippen molar-refractivity contribution >= 4 is 23.2 Å². The van der Waals surface area contributed by atoms with Crippen molar-refractivity contribution in [3.63, 3.8) is 0 Å². The summed E-state index contributed by atoms with van der Waals surface area (Å²) in [5.74, 6) is 0.857. The average molecular weight is 310 g/mol. The number of benzene rings is 2. The molecular formula is C16H17Cl2NO. The maximum absolute atomic E-state index is 6.16. The molecule has 0 spiro atoms. The highest BCUT2D eigenvalue weighted by Gasteiger charge is 2.09. The molecule has 2 aromatic rings. The Hall–Kier alpha value is -1.22. The quantitative estimate of drug-likeness (QED) is 0.852. The van der Waals surface area contributed by atoms with Crippen molar-refractivity contribution in [2.75, 3.05) is 7.11 Å². The Morgan fingerprint density at radius 1 is 1.05 bits per heavy atom. The zero-order chi connectivity index (χ0) is 14.5. The van der Waals surface area contributed by atoms with Gasteiger partial charge in [0.1, 0.15) is 5.75 Å². The smallest absolute Gasteiger partial charge is 0.118 e. The second kappa shape index (κ2) is 6.98. The van der Waals surface area contributed by atoms with Gasteiger partial charge in [-0.2, -0.15) is 0 Å². The van der Waals surface area contributed by atoms with Gasteiger partial charge in [-0.15, -0.1) is 0 Å². The van der Waals surface area contributed by atoms with Crippen LogP contribution in [-0.2, 0) is 6.54 Å². The molecule has 0 fully saturated rings. The monoisotopic (exact) mass is 309 g/mol. The van der Waals surface area contributed by atoms with Crippen molar-refractivity contribution < 1.29 is 4.74 Å². The molecule has 0 aromatic heterocycles. The Morgan fingerprint density at radius 2 is 1.65 bits per heavy atom. The SMILES string of the molecule is COc1ccc(C(C)NCc2c(Cl)cccc2Cl)cc1. The van der Waals surface area contributed by atoms with E-state index in [0.717, 1.165) is 11.3 Å². The number of nitrogens with one attached hydrogen (secondary N) is 1. The van der Waals surface area contributed by atoms with Gasteiger partial charge in [0.05, 0.1) is 7.11 Å². The van der Waals surface area contributed by atoms with Gasteiger partial charge in [-0.1, -0.05) is 41.4 Å². The summed E-state index contributed by atoms with van der Waals surface area (Å²) in [6.07, 6.45) is 0. The molecule has 0 saturated heterocycles. The third-order valence-corrected chi connectivity index (χ3v) is 3.97. The highest BCUT2D eigenvalue weighted by Crippen LogP contribution is 2.25. The Morgan fingerprint density at radius 3 is 2.20 bits per heavy atom. The van der Waals surface area contributed by atoms with Crippen molar-refractivity contribution in [2.24, 2.45) is 0 Å². The lowest BCUT2D eigenvalue weighted by molar-refractivity contribution is 0.414. The minimum absolute atomic E-state index is 0.202. The number of hydrogen-bond donors (Lipinski definition) is 1. The van der Waals surface area contributed by atoms with E-state index in [2.05, 4.69) is 12.2 Å². The van der Waals surface area contributed by atoms with Crippen molar-refractivity contribution in [1.29, 1.82) is 0 Å². The number of ether oxygens (including phenoxy) is 1.